The minimum absolute atomic E-state index is 0.0521. The molecule has 0 heterocycles. The van der Waals surface area contributed by atoms with Crippen molar-refractivity contribution in [3.05, 3.63) is 117 Å². The van der Waals surface area contributed by atoms with Crippen molar-refractivity contribution in [2.45, 2.75) is 102 Å². The highest BCUT2D eigenvalue weighted by atomic mass is 19.4. The second-order valence-corrected chi connectivity index (χ2v) is 15.4. The van der Waals surface area contributed by atoms with E-state index in [1.807, 2.05) is 0 Å². The summed E-state index contributed by atoms with van der Waals surface area (Å²) >= 11 is 0. The van der Waals surface area contributed by atoms with Gasteiger partial charge in [0.15, 0.2) is 17.5 Å². The third kappa shape index (κ3) is 17.3. The average molecular weight is 1140 g/mol. The summed E-state index contributed by atoms with van der Waals surface area (Å²) in [6.45, 7) is 5.13. The van der Waals surface area contributed by atoms with Gasteiger partial charge >= 0.3 is 62.6 Å². The van der Waals surface area contributed by atoms with Crippen LogP contribution < -0.4 is 18.9 Å². The second kappa shape index (κ2) is 24.0. The monoisotopic (exact) mass is 1140 g/mol. The standard InChI is InChI=1S/C36H34BF18NO6.C8H3F6/c1-6-10-56(36(58-8-3,59-9-4)19(5)57-7-2)29-27(35(53,54)55)17-24(34(50,51)52)18-28(29)62-37(60-25-13-20(30(38,39)40)11-21(14-25)31(41,42)43)61-26-15-22(32(44,45)46)12-23(16-26)33(47,48)49;9-7(10,11)5-2-1-3-6(4-5)8(12,13)14/h11-19H,6-10H2,1-5H3;2-4H/q;-1/p+1. The molecule has 1 N–H and O–H groups in total. The Labute approximate surface area is 414 Å². The van der Waals surface area contributed by atoms with Crippen LogP contribution in [0.5, 0.6) is 17.2 Å². The van der Waals surface area contributed by atoms with Gasteiger partial charge in [-0.25, -0.2) is 4.90 Å². The van der Waals surface area contributed by atoms with Crippen LogP contribution in [-0.4, -0.2) is 45.7 Å². The van der Waals surface area contributed by atoms with Gasteiger partial charge in [-0.15, -0.1) is 6.07 Å². The van der Waals surface area contributed by atoms with Crippen molar-refractivity contribution in [2.75, 3.05) is 26.4 Å². The summed E-state index contributed by atoms with van der Waals surface area (Å²) in [6.07, 6.45) is -45.2. The van der Waals surface area contributed by atoms with E-state index in [1.54, 1.807) is 6.07 Å². The summed E-state index contributed by atoms with van der Waals surface area (Å²) in [5.41, 5.74) is -17.0. The molecule has 0 fully saturated rings. The van der Waals surface area contributed by atoms with Gasteiger partial charge in [0, 0.05) is 6.61 Å². The number of benzene rings is 4. The molecule has 0 aliphatic rings. The summed E-state index contributed by atoms with van der Waals surface area (Å²) in [5, 5.41) is 0. The predicted molar refractivity (Wildman–Crippen MR) is 215 cm³/mol. The van der Waals surface area contributed by atoms with Crippen molar-refractivity contribution in [3.63, 3.8) is 0 Å². The molecule has 4 aromatic rings. The molecule has 0 aromatic heterocycles. The van der Waals surface area contributed by atoms with Gasteiger partial charge in [-0.1, -0.05) is 18.1 Å². The molecule has 426 valence electrons. The Morgan fingerprint density at radius 1 is 0.434 bits per heavy atom. The zero-order valence-corrected chi connectivity index (χ0v) is 39.1. The summed E-state index contributed by atoms with van der Waals surface area (Å²) in [6, 6.07) is 0.528. The van der Waals surface area contributed by atoms with E-state index < -0.39 is 179 Å². The third-order valence-electron chi connectivity index (χ3n) is 9.88. The van der Waals surface area contributed by atoms with Crippen molar-refractivity contribution in [1.82, 2.24) is 0 Å². The highest BCUT2D eigenvalue weighted by Gasteiger charge is 2.56. The first-order chi connectivity index (χ1) is 34.4. The van der Waals surface area contributed by atoms with Crippen molar-refractivity contribution in [3.8, 4) is 17.2 Å². The molecule has 0 aliphatic heterocycles. The molecule has 4 rings (SSSR count). The molecule has 0 bridgehead atoms. The molecule has 2 unspecified atom stereocenters. The molecule has 0 saturated carbocycles. The molecule has 32 heteroatoms. The van der Waals surface area contributed by atoms with Gasteiger partial charge in [0.25, 0.3) is 0 Å². The maximum absolute atomic E-state index is 15.1. The van der Waals surface area contributed by atoms with Crippen LogP contribution in [0.2, 0.25) is 0 Å². The Morgan fingerprint density at radius 2 is 0.776 bits per heavy atom. The lowest BCUT2D eigenvalue weighted by Crippen LogP contribution is -3.19. The lowest BCUT2D eigenvalue weighted by Gasteiger charge is -2.42. The molecule has 0 aliphatic carbocycles. The average Bonchev–Trinajstić information content (AvgIpc) is 3.25. The maximum Gasteiger partial charge on any atom is 0.864 e. The Bertz CT molecular complexity index is 2350. The maximum atomic E-state index is 15.1. The van der Waals surface area contributed by atoms with Gasteiger partial charge in [0.1, 0.15) is 17.1 Å². The molecule has 0 amide bonds. The van der Waals surface area contributed by atoms with Crippen LogP contribution in [-0.2, 0) is 63.6 Å². The van der Waals surface area contributed by atoms with Gasteiger partial charge in [-0.3, -0.25) is 0 Å². The Morgan fingerprint density at radius 3 is 1.08 bits per heavy atom. The molecular weight excluding hydrogens is 1110 g/mol. The summed E-state index contributed by atoms with van der Waals surface area (Å²) in [5.74, 6) is -7.45. The number of ether oxygens (including phenoxy) is 3. The van der Waals surface area contributed by atoms with E-state index >= 15 is 13.2 Å². The topological polar surface area (TPSA) is 59.8 Å². The first-order valence-electron chi connectivity index (χ1n) is 21.3. The van der Waals surface area contributed by atoms with Gasteiger partial charge in [0.05, 0.1) is 47.6 Å². The SMILES string of the molecule is CCC[NH+](c1c(OB(Oc2cc(C(F)(F)F)cc(C(F)(F)F)c2)Oc2cc(C(F)(F)F)cc(C(F)(F)F)c2)cc(C(F)(F)F)cc1C(F)(F)F)C(OCC)(OCC)C(C)OCC.FC(F)(F)c1c[c-]cc(C(F)(F)F)c1. The van der Waals surface area contributed by atoms with E-state index in [0.29, 0.717) is 12.1 Å². The molecule has 76 heavy (non-hydrogen) atoms. The van der Waals surface area contributed by atoms with Gasteiger partial charge < -0.3 is 28.2 Å². The van der Waals surface area contributed by atoms with Crippen molar-refractivity contribution < 1.29 is 138 Å². The zero-order chi connectivity index (χ0) is 58.4. The Hall–Kier alpha value is -5.50. The molecular formula is C44H38BF24NO6. The van der Waals surface area contributed by atoms with Gasteiger partial charge in [-0.2, -0.15) is 124 Å². The van der Waals surface area contributed by atoms with Crippen LogP contribution in [0.3, 0.4) is 0 Å². The third-order valence-corrected chi connectivity index (χ3v) is 9.88. The van der Waals surface area contributed by atoms with E-state index in [-0.39, 0.29) is 49.4 Å². The number of hydrogen-bond donors (Lipinski definition) is 1. The van der Waals surface area contributed by atoms with E-state index in [0.717, 1.165) is 0 Å². The quantitative estimate of drug-likeness (QED) is 0.0492. The summed E-state index contributed by atoms with van der Waals surface area (Å²) in [4.78, 5) is -0.698. The van der Waals surface area contributed by atoms with Crippen molar-refractivity contribution in [2.24, 2.45) is 0 Å². The number of nitrogens with one attached hydrogen (secondary N) is 1. The fraction of sp³-hybridized carbons (Fsp3) is 0.455. The fourth-order valence-electron chi connectivity index (χ4n) is 6.80. The zero-order valence-electron chi connectivity index (χ0n) is 39.1. The molecule has 0 spiro atoms. The lowest BCUT2D eigenvalue weighted by molar-refractivity contribution is -0.961. The highest BCUT2D eigenvalue weighted by molar-refractivity contribution is 6.39. The van der Waals surface area contributed by atoms with E-state index in [1.165, 1.54) is 34.6 Å². The smallest absolute Gasteiger partial charge is 0.490 e. The van der Waals surface area contributed by atoms with Crippen LogP contribution in [0.15, 0.2) is 66.7 Å². The lowest BCUT2D eigenvalue weighted by atomic mass is 10.0. The van der Waals surface area contributed by atoms with Crippen molar-refractivity contribution in [1.29, 1.82) is 0 Å². The molecule has 0 saturated heterocycles. The number of halogens is 24. The van der Waals surface area contributed by atoms with Crippen LogP contribution >= 0.6 is 0 Å². The largest absolute Gasteiger partial charge is 0.864 e. The number of alkyl halides is 24. The van der Waals surface area contributed by atoms with Crippen LogP contribution in [0.25, 0.3) is 0 Å². The molecule has 2 atom stereocenters. The van der Waals surface area contributed by atoms with Crippen LogP contribution in [0.1, 0.15) is 85.5 Å². The molecule has 0 radical (unpaired) electrons. The van der Waals surface area contributed by atoms with Crippen molar-refractivity contribution >= 4 is 13.0 Å². The predicted octanol–water partition coefficient (Wildman–Crippen LogP) is 14.9. The molecule has 7 nitrogen and oxygen atoms in total. The van der Waals surface area contributed by atoms with Gasteiger partial charge in [0.2, 0.25) is 0 Å². The summed E-state index contributed by atoms with van der Waals surface area (Å²) in [7, 11) is -3.40. The van der Waals surface area contributed by atoms with E-state index in [2.05, 4.69) is 0 Å². The van der Waals surface area contributed by atoms with E-state index in [9.17, 15) is 92.2 Å². The first-order valence-corrected chi connectivity index (χ1v) is 21.3. The highest BCUT2D eigenvalue weighted by Crippen LogP contribution is 2.46. The number of rotatable bonds is 17. The second-order valence-electron chi connectivity index (χ2n) is 15.4. The minimum Gasteiger partial charge on any atom is -0.490 e. The normalized spacial score (nSPS) is 14.2. The van der Waals surface area contributed by atoms with Gasteiger partial charge in [-0.05, 0) is 82.6 Å². The minimum atomic E-state index is -5.81. The number of quaternary nitrogens is 1. The number of hydrogen-bond acceptors (Lipinski definition) is 6. The Balaban J connectivity index is 0.000000935. The Kier molecular flexibility index (Phi) is 20.5. The van der Waals surface area contributed by atoms with Crippen LogP contribution in [0.4, 0.5) is 111 Å². The van der Waals surface area contributed by atoms with E-state index in [4.69, 9.17) is 28.2 Å². The van der Waals surface area contributed by atoms with Crippen LogP contribution in [0, 0.1) is 6.07 Å². The fourth-order valence-corrected chi connectivity index (χ4v) is 6.80. The molecule has 4 aromatic carbocycles. The summed E-state index contributed by atoms with van der Waals surface area (Å²) < 4.78 is 359. The first kappa shape index (κ1) is 64.8.